The summed E-state index contributed by atoms with van der Waals surface area (Å²) in [4.78, 5) is 16.0. The van der Waals surface area contributed by atoms with Gasteiger partial charge in [-0.2, -0.15) is 0 Å². The lowest BCUT2D eigenvalue weighted by atomic mass is 10.1. The minimum absolute atomic E-state index is 0.216. The van der Waals surface area contributed by atoms with Gasteiger partial charge in [-0.05, 0) is 30.7 Å². The number of pyridine rings is 1. The van der Waals surface area contributed by atoms with Gasteiger partial charge in [-0.3, -0.25) is 9.78 Å². The van der Waals surface area contributed by atoms with E-state index < -0.39 is 6.04 Å². The fourth-order valence-electron chi connectivity index (χ4n) is 1.65. The summed E-state index contributed by atoms with van der Waals surface area (Å²) in [7, 11) is 0. The van der Waals surface area contributed by atoms with E-state index in [-0.39, 0.29) is 5.91 Å². The van der Waals surface area contributed by atoms with Gasteiger partial charge in [-0.1, -0.05) is 18.5 Å². The van der Waals surface area contributed by atoms with Crippen molar-refractivity contribution in [2.75, 3.05) is 5.32 Å². The van der Waals surface area contributed by atoms with Crippen molar-refractivity contribution in [1.29, 1.82) is 0 Å². The summed E-state index contributed by atoms with van der Waals surface area (Å²) in [6, 6.07) is 6.62. The van der Waals surface area contributed by atoms with Crippen LogP contribution in [0.1, 0.15) is 13.3 Å². The normalized spacial score (nSPS) is 12.4. The van der Waals surface area contributed by atoms with Crippen LogP contribution in [0.25, 0.3) is 10.9 Å². The van der Waals surface area contributed by atoms with Crippen LogP contribution in [-0.2, 0) is 4.79 Å². The fraction of sp³-hybridized carbons (Fsp3) is 0.231. The lowest BCUT2D eigenvalue weighted by Gasteiger charge is -2.12. The molecule has 0 aliphatic heterocycles. The molecule has 2 aromatic rings. The second kappa shape index (κ2) is 5.33. The quantitative estimate of drug-likeness (QED) is 0.894. The molecule has 1 atom stereocenters. The highest BCUT2D eigenvalue weighted by molar-refractivity contribution is 6.35. The summed E-state index contributed by atoms with van der Waals surface area (Å²) in [6.45, 7) is 1.86. The Morgan fingerprint density at radius 1 is 1.50 bits per heavy atom. The molecule has 2 rings (SSSR count). The molecule has 0 saturated heterocycles. The highest BCUT2D eigenvalue weighted by Gasteiger charge is 2.13. The van der Waals surface area contributed by atoms with Crippen LogP contribution in [0.2, 0.25) is 5.02 Å². The van der Waals surface area contributed by atoms with Crippen LogP contribution in [0, 0.1) is 0 Å². The third-order valence-corrected chi connectivity index (χ3v) is 3.08. The van der Waals surface area contributed by atoms with Crippen molar-refractivity contribution in [3.8, 4) is 0 Å². The molecule has 0 fully saturated rings. The number of fused-ring (bicyclic) bond motifs is 1. The second-order valence-corrected chi connectivity index (χ2v) is 4.41. The number of halogens is 1. The third-order valence-electron chi connectivity index (χ3n) is 2.75. The highest BCUT2D eigenvalue weighted by atomic mass is 35.5. The number of amides is 1. The summed E-state index contributed by atoms with van der Waals surface area (Å²) < 4.78 is 0. The molecule has 18 heavy (non-hydrogen) atoms. The summed E-state index contributed by atoms with van der Waals surface area (Å²) in [5.41, 5.74) is 6.98. The van der Waals surface area contributed by atoms with Gasteiger partial charge in [0.15, 0.2) is 0 Å². The number of hydrogen-bond acceptors (Lipinski definition) is 3. The van der Waals surface area contributed by atoms with Crippen molar-refractivity contribution in [1.82, 2.24) is 4.98 Å². The highest BCUT2D eigenvalue weighted by Crippen LogP contribution is 2.27. The van der Waals surface area contributed by atoms with Crippen molar-refractivity contribution >= 4 is 34.1 Å². The standard InChI is InChI=1S/C13H14ClN3O/c1-2-10(15)13(18)17-11-6-5-9(14)8-4-3-7-16-12(8)11/h3-7,10H,2,15H2,1H3,(H,17,18)/t10-/m0/s1. The first-order valence-corrected chi connectivity index (χ1v) is 6.11. The summed E-state index contributed by atoms with van der Waals surface area (Å²) in [5.74, 6) is -0.216. The van der Waals surface area contributed by atoms with E-state index in [2.05, 4.69) is 10.3 Å². The average molecular weight is 264 g/mol. The van der Waals surface area contributed by atoms with Crippen LogP contribution in [0.15, 0.2) is 30.5 Å². The molecule has 1 aromatic heterocycles. The van der Waals surface area contributed by atoms with Gasteiger partial charge >= 0.3 is 0 Å². The van der Waals surface area contributed by atoms with E-state index in [1.807, 2.05) is 13.0 Å². The Morgan fingerprint density at radius 3 is 3.00 bits per heavy atom. The molecule has 1 amide bonds. The van der Waals surface area contributed by atoms with E-state index >= 15 is 0 Å². The Bertz CT molecular complexity index is 585. The third kappa shape index (κ3) is 2.44. The van der Waals surface area contributed by atoms with Gasteiger partial charge in [0.25, 0.3) is 0 Å². The van der Waals surface area contributed by atoms with Crippen LogP contribution in [0.3, 0.4) is 0 Å². The topological polar surface area (TPSA) is 68.0 Å². The van der Waals surface area contributed by atoms with Gasteiger partial charge in [-0.25, -0.2) is 0 Å². The predicted octanol–water partition coefficient (Wildman–Crippen LogP) is 2.56. The van der Waals surface area contributed by atoms with Gasteiger partial charge in [0.05, 0.1) is 22.3 Å². The Kier molecular flexibility index (Phi) is 3.79. The van der Waals surface area contributed by atoms with Crippen LogP contribution < -0.4 is 11.1 Å². The zero-order valence-corrected chi connectivity index (χ0v) is 10.7. The summed E-state index contributed by atoms with van der Waals surface area (Å²) in [5, 5.41) is 4.19. The molecule has 4 nitrogen and oxygen atoms in total. The Labute approximate surface area is 110 Å². The number of rotatable bonds is 3. The smallest absolute Gasteiger partial charge is 0.241 e. The lowest BCUT2D eigenvalue weighted by molar-refractivity contribution is -0.117. The number of hydrogen-bond donors (Lipinski definition) is 2. The molecule has 0 radical (unpaired) electrons. The molecule has 5 heteroatoms. The number of aromatic nitrogens is 1. The molecular formula is C13H14ClN3O. The van der Waals surface area contributed by atoms with E-state index in [9.17, 15) is 4.79 Å². The Balaban J connectivity index is 2.40. The molecule has 0 aliphatic carbocycles. The molecule has 3 N–H and O–H groups in total. The van der Waals surface area contributed by atoms with E-state index in [1.165, 1.54) is 0 Å². The molecule has 94 valence electrons. The van der Waals surface area contributed by atoms with Crippen molar-refractivity contribution in [2.24, 2.45) is 5.73 Å². The molecule has 1 aromatic carbocycles. The number of benzene rings is 1. The van der Waals surface area contributed by atoms with E-state index in [0.29, 0.717) is 22.6 Å². The molecule has 0 spiro atoms. The average Bonchev–Trinajstić information content (AvgIpc) is 2.41. The minimum Gasteiger partial charge on any atom is -0.323 e. The van der Waals surface area contributed by atoms with Gasteiger partial charge in [-0.15, -0.1) is 0 Å². The van der Waals surface area contributed by atoms with Gasteiger partial charge in [0, 0.05) is 11.6 Å². The van der Waals surface area contributed by atoms with Crippen LogP contribution in [0.4, 0.5) is 5.69 Å². The minimum atomic E-state index is -0.514. The second-order valence-electron chi connectivity index (χ2n) is 4.00. The number of nitrogens with one attached hydrogen (secondary N) is 1. The number of nitrogens with two attached hydrogens (primary N) is 1. The maximum absolute atomic E-state index is 11.8. The van der Waals surface area contributed by atoms with Gasteiger partial charge in [0.2, 0.25) is 5.91 Å². The molecule has 0 bridgehead atoms. The fourth-order valence-corrected chi connectivity index (χ4v) is 1.87. The summed E-state index contributed by atoms with van der Waals surface area (Å²) >= 11 is 6.08. The number of carbonyl (C=O) groups excluding carboxylic acids is 1. The molecule has 0 aliphatic rings. The van der Waals surface area contributed by atoms with Crippen molar-refractivity contribution in [2.45, 2.75) is 19.4 Å². The van der Waals surface area contributed by atoms with Crippen LogP contribution in [-0.4, -0.2) is 16.9 Å². The zero-order valence-electron chi connectivity index (χ0n) is 9.98. The number of carbonyl (C=O) groups is 1. The van der Waals surface area contributed by atoms with E-state index in [4.69, 9.17) is 17.3 Å². The first kappa shape index (κ1) is 12.8. The van der Waals surface area contributed by atoms with Crippen molar-refractivity contribution in [3.63, 3.8) is 0 Å². The van der Waals surface area contributed by atoms with Gasteiger partial charge < -0.3 is 11.1 Å². The van der Waals surface area contributed by atoms with Crippen molar-refractivity contribution < 1.29 is 4.79 Å². The lowest BCUT2D eigenvalue weighted by Crippen LogP contribution is -2.34. The number of nitrogens with zero attached hydrogens (tertiary/aromatic N) is 1. The maximum Gasteiger partial charge on any atom is 0.241 e. The molecule has 1 heterocycles. The van der Waals surface area contributed by atoms with Crippen molar-refractivity contribution in [3.05, 3.63) is 35.5 Å². The van der Waals surface area contributed by atoms with Crippen LogP contribution >= 0.6 is 11.6 Å². The maximum atomic E-state index is 11.8. The monoisotopic (exact) mass is 263 g/mol. The molecule has 0 unspecified atom stereocenters. The largest absolute Gasteiger partial charge is 0.323 e. The SMILES string of the molecule is CC[C@H](N)C(=O)Nc1ccc(Cl)c2cccnc12. The van der Waals surface area contributed by atoms with Gasteiger partial charge in [0.1, 0.15) is 0 Å². The summed E-state index contributed by atoms with van der Waals surface area (Å²) in [6.07, 6.45) is 2.25. The zero-order chi connectivity index (χ0) is 13.1. The molecule has 0 saturated carbocycles. The Hall–Kier alpha value is -1.65. The first-order chi connectivity index (χ1) is 8.63. The number of anilines is 1. The van der Waals surface area contributed by atoms with Crippen LogP contribution in [0.5, 0.6) is 0 Å². The predicted molar refractivity (Wildman–Crippen MR) is 73.6 cm³/mol. The van der Waals surface area contributed by atoms with E-state index in [1.54, 1.807) is 24.4 Å². The first-order valence-electron chi connectivity index (χ1n) is 5.73. The Morgan fingerprint density at radius 2 is 2.28 bits per heavy atom. The van der Waals surface area contributed by atoms with E-state index in [0.717, 1.165) is 5.39 Å². The molecular weight excluding hydrogens is 250 g/mol.